The van der Waals surface area contributed by atoms with Crippen molar-refractivity contribution in [1.29, 1.82) is 5.26 Å². The fraction of sp³-hybridized carbons (Fsp3) is 0.562. The average Bonchev–Trinajstić information content (AvgIpc) is 2.42. The maximum absolute atomic E-state index is 8.79. The summed E-state index contributed by atoms with van der Waals surface area (Å²) in [5.41, 5.74) is 1.54. The first kappa shape index (κ1) is 14.2. The first-order valence-corrected chi connectivity index (χ1v) is 7.50. The third-order valence-electron chi connectivity index (χ3n) is 4.10. The molecule has 2 nitrogen and oxygen atoms in total. The van der Waals surface area contributed by atoms with E-state index < -0.39 is 0 Å². The molecule has 0 aliphatic heterocycles. The van der Waals surface area contributed by atoms with Gasteiger partial charge in [0.1, 0.15) is 0 Å². The maximum Gasteiger partial charge on any atom is 0.0992 e. The molecule has 1 aromatic carbocycles. The van der Waals surface area contributed by atoms with Crippen LogP contribution in [0.4, 0.5) is 5.69 Å². The Morgan fingerprint density at radius 1 is 1.32 bits per heavy atom. The molecule has 0 aromatic heterocycles. The van der Waals surface area contributed by atoms with E-state index in [9.17, 15) is 0 Å². The Balaban J connectivity index is 1.78. The smallest absolute Gasteiger partial charge is 0.0992 e. The zero-order valence-electron chi connectivity index (χ0n) is 11.5. The zero-order valence-corrected chi connectivity index (χ0v) is 12.2. The van der Waals surface area contributed by atoms with Crippen molar-refractivity contribution in [2.24, 2.45) is 11.8 Å². The molecule has 0 radical (unpaired) electrons. The average molecular weight is 277 g/mol. The second-order valence-electron chi connectivity index (χ2n) is 5.65. The van der Waals surface area contributed by atoms with E-state index in [-0.39, 0.29) is 0 Å². The van der Waals surface area contributed by atoms with Gasteiger partial charge >= 0.3 is 0 Å². The van der Waals surface area contributed by atoms with E-state index in [0.29, 0.717) is 10.6 Å². The Hall–Kier alpha value is -1.20. The third kappa shape index (κ3) is 4.14. The van der Waals surface area contributed by atoms with E-state index in [1.165, 1.54) is 32.1 Å². The van der Waals surface area contributed by atoms with Crippen LogP contribution in [0.5, 0.6) is 0 Å². The Morgan fingerprint density at radius 2 is 2.05 bits per heavy atom. The van der Waals surface area contributed by atoms with Gasteiger partial charge < -0.3 is 5.32 Å². The SMILES string of the molecule is CC1CCC(CCNc2ccc(C#N)cc2Cl)CC1. The summed E-state index contributed by atoms with van der Waals surface area (Å²) in [6.45, 7) is 3.32. The van der Waals surface area contributed by atoms with E-state index >= 15 is 0 Å². The van der Waals surface area contributed by atoms with E-state index in [0.717, 1.165) is 24.1 Å². The molecule has 1 aromatic rings. The van der Waals surface area contributed by atoms with Gasteiger partial charge in [-0.25, -0.2) is 0 Å². The number of hydrogen-bond donors (Lipinski definition) is 1. The second-order valence-corrected chi connectivity index (χ2v) is 6.05. The molecule has 0 bridgehead atoms. The predicted molar refractivity (Wildman–Crippen MR) is 80.4 cm³/mol. The number of nitriles is 1. The monoisotopic (exact) mass is 276 g/mol. The molecule has 1 fully saturated rings. The quantitative estimate of drug-likeness (QED) is 0.854. The number of halogens is 1. The highest BCUT2D eigenvalue weighted by Gasteiger charge is 2.17. The summed E-state index contributed by atoms with van der Waals surface area (Å²) in [5, 5.41) is 12.8. The molecule has 0 unspecified atom stereocenters. The number of nitrogens with one attached hydrogen (secondary N) is 1. The Labute approximate surface area is 120 Å². The maximum atomic E-state index is 8.79. The summed E-state index contributed by atoms with van der Waals surface area (Å²) in [7, 11) is 0. The lowest BCUT2D eigenvalue weighted by molar-refractivity contribution is 0.282. The van der Waals surface area contributed by atoms with Crippen LogP contribution in [0.2, 0.25) is 5.02 Å². The van der Waals surface area contributed by atoms with Crippen molar-refractivity contribution < 1.29 is 0 Å². The van der Waals surface area contributed by atoms with E-state index in [2.05, 4.69) is 18.3 Å². The van der Waals surface area contributed by atoms with Gasteiger partial charge in [0.25, 0.3) is 0 Å². The first-order chi connectivity index (χ1) is 9.19. The summed E-state index contributed by atoms with van der Waals surface area (Å²) < 4.78 is 0. The molecule has 0 spiro atoms. The van der Waals surface area contributed by atoms with E-state index in [4.69, 9.17) is 16.9 Å². The van der Waals surface area contributed by atoms with Crippen molar-refractivity contribution in [1.82, 2.24) is 0 Å². The number of hydrogen-bond acceptors (Lipinski definition) is 2. The van der Waals surface area contributed by atoms with Crippen LogP contribution in [-0.2, 0) is 0 Å². The number of benzene rings is 1. The fourth-order valence-electron chi connectivity index (χ4n) is 2.76. The molecule has 0 saturated heterocycles. The second kappa shape index (κ2) is 6.82. The van der Waals surface area contributed by atoms with Gasteiger partial charge in [-0.3, -0.25) is 0 Å². The molecule has 1 aliphatic carbocycles. The van der Waals surface area contributed by atoms with Gasteiger partial charge in [0.15, 0.2) is 0 Å². The van der Waals surface area contributed by atoms with Crippen LogP contribution >= 0.6 is 11.6 Å². The highest BCUT2D eigenvalue weighted by Crippen LogP contribution is 2.30. The fourth-order valence-corrected chi connectivity index (χ4v) is 3.00. The standard InChI is InChI=1S/C16H21ClN2/c1-12-2-4-13(5-3-12)8-9-19-16-7-6-14(11-18)10-15(16)17/h6-7,10,12-13,19H,2-5,8-9H2,1H3. The summed E-state index contributed by atoms with van der Waals surface area (Å²) in [6, 6.07) is 7.50. The molecule has 1 saturated carbocycles. The van der Waals surface area contributed by atoms with Crippen LogP contribution in [0.1, 0.15) is 44.6 Å². The molecular weight excluding hydrogens is 256 g/mol. The minimum Gasteiger partial charge on any atom is -0.384 e. The van der Waals surface area contributed by atoms with Gasteiger partial charge in [-0.2, -0.15) is 5.26 Å². The van der Waals surface area contributed by atoms with Gasteiger partial charge in [0.05, 0.1) is 22.3 Å². The van der Waals surface area contributed by atoms with Gasteiger partial charge in [-0.1, -0.05) is 44.2 Å². The van der Waals surface area contributed by atoms with Crippen LogP contribution in [0, 0.1) is 23.2 Å². The lowest BCUT2D eigenvalue weighted by Crippen LogP contribution is -2.15. The highest BCUT2D eigenvalue weighted by molar-refractivity contribution is 6.33. The van der Waals surface area contributed by atoms with Crippen molar-refractivity contribution >= 4 is 17.3 Å². The van der Waals surface area contributed by atoms with Crippen LogP contribution in [0.3, 0.4) is 0 Å². The van der Waals surface area contributed by atoms with Crippen molar-refractivity contribution in [2.45, 2.75) is 39.0 Å². The summed E-state index contributed by atoms with van der Waals surface area (Å²) in [4.78, 5) is 0. The lowest BCUT2D eigenvalue weighted by atomic mass is 9.81. The van der Waals surface area contributed by atoms with Gasteiger partial charge in [-0.05, 0) is 36.5 Å². The van der Waals surface area contributed by atoms with Gasteiger partial charge in [0.2, 0.25) is 0 Å². The van der Waals surface area contributed by atoms with E-state index in [1.54, 1.807) is 12.1 Å². The van der Waals surface area contributed by atoms with Crippen LogP contribution in [-0.4, -0.2) is 6.54 Å². The van der Waals surface area contributed by atoms with Crippen LogP contribution in [0.15, 0.2) is 18.2 Å². The molecule has 0 atom stereocenters. The van der Waals surface area contributed by atoms with Crippen molar-refractivity contribution in [3.05, 3.63) is 28.8 Å². The molecule has 0 heterocycles. The molecule has 1 aliphatic rings. The van der Waals surface area contributed by atoms with Crippen LogP contribution in [0.25, 0.3) is 0 Å². The topological polar surface area (TPSA) is 35.8 Å². The number of rotatable bonds is 4. The Morgan fingerprint density at radius 3 is 2.68 bits per heavy atom. The summed E-state index contributed by atoms with van der Waals surface area (Å²) >= 11 is 6.14. The van der Waals surface area contributed by atoms with Crippen molar-refractivity contribution in [2.75, 3.05) is 11.9 Å². The summed E-state index contributed by atoms with van der Waals surface area (Å²) in [6.07, 6.45) is 6.70. The predicted octanol–water partition coefficient (Wildman–Crippen LogP) is 4.84. The minimum absolute atomic E-state index is 0.608. The molecule has 102 valence electrons. The van der Waals surface area contributed by atoms with E-state index in [1.807, 2.05) is 6.07 Å². The normalized spacial score (nSPS) is 22.8. The molecular formula is C16H21ClN2. The third-order valence-corrected chi connectivity index (χ3v) is 4.41. The van der Waals surface area contributed by atoms with Crippen molar-refractivity contribution in [3.8, 4) is 6.07 Å². The zero-order chi connectivity index (χ0) is 13.7. The molecule has 1 N–H and O–H groups in total. The number of anilines is 1. The van der Waals surface area contributed by atoms with Gasteiger partial charge in [0, 0.05) is 6.54 Å². The summed E-state index contributed by atoms with van der Waals surface area (Å²) in [5.74, 6) is 1.78. The minimum atomic E-state index is 0.608. The Bertz CT molecular complexity index is 456. The molecule has 2 rings (SSSR count). The number of nitrogens with zero attached hydrogens (tertiary/aromatic N) is 1. The Kier molecular flexibility index (Phi) is 5.10. The van der Waals surface area contributed by atoms with Crippen molar-refractivity contribution in [3.63, 3.8) is 0 Å². The molecule has 0 amide bonds. The van der Waals surface area contributed by atoms with Crippen LogP contribution < -0.4 is 5.32 Å². The highest BCUT2D eigenvalue weighted by atomic mass is 35.5. The lowest BCUT2D eigenvalue weighted by Gasteiger charge is -2.26. The van der Waals surface area contributed by atoms with Gasteiger partial charge in [-0.15, -0.1) is 0 Å². The molecule has 19 heavy (non-hydrogen) atoms. The first-order valence-electron chi connectivity index (χ1n) is 7.12. The molecule has 3 heteroatoms. The largest absolute Gasteiger partial charge is 0.384 e.